The highest BCUT2D eigenvalue weighted by atomic mass is 79.9. The van der Waals surface area contributed by atoms with E-state index >= 15 is 0 Å². The van der Waals surface area contributed by atoms with E-state index in [1.807, 2.05) is 15.9 Å². The van der Waals surface area contributed by atoms with Crippen LogP contribution in [0.1, 0.15) is 10.4 Å². The molecule has 0 heterocycles. The molecule has 0 unspecified atom stereocenters. The third kappa shape index (κ3) is 3.34. The standard InChI is InChI=1S/C9H7BrF2O4/c1-15-7-4-5(8(13)14)2-3-6(7)16-9(10,11)12/h2-4H,1H3,(H,13,14). The topological polar surface area (TPSA) is 55.8 Å². The molecule has 0 atom stereocenters. The van der Waals surface area contributed by atoms with E-state index in [1.165, 1.54) is 7.11 Å². The summed E-state index contributed by atoms with van der Waals surface area (Å²) in [4.78, 5) is 10.6. The average molecular weight is 297 g/mol. The van der Waals surface area contributed by atoms with Crippen molar-refractivity contribution in [3.63, 3.8) is 0 Å². The Morgan fingerprint density at radius 2 is 2.06 bits per heavy atom. The number of hydrogen-bond acceptors (Lipinski definition) is 3. The first-order valence-corrected chi connectivity index (χ1v) is 4.80. The van der Waals surface area contributed by atoms with Crippen molar-refractivity contribution in [3.05, 3.63) is 23.8 Å². The Labute approximate surface area is 97.9 Å². The van der Waals surface area contributed by atoms with E-state index in [-0.39, 0.29) is 17.1 Å². The number of alkyl halides is 3. The van der Waals surface area contributed by atoms with E-state index in [1.54, 1.807) is 0 Å². The van der Waals surface area contributed by atoms with E-state index < -0.39 is 11.0 Å². The van der Waals surface area contributed by atoms with Crippen molar-refractivity contribution in [2.45, 2.75) is 5.02 Å². The molecule has 1 rings (SSSR count). The second kappa shape index (κ2) is 4.65. The van der Waals surface area contributed by atoms with Gasteiger partial charge in [-0.05, 0) is 18.2 Å². The number of rotatable bonds is 4. The molecule has 0 saturated carbocycles. The maximum atomic E-state index is 12.5. The molecule has 1 aromatic carbocycles. The lowest BCUT2D eigenvalue weighted by Gasteiger charge is -2.14. The van der Waals surface area contributed by atoms with Gasteiger partial charge in [-0.15, -0.1) is 0 Å². The second-order valence-corrected chi connectivity index (χ2v) is 3.64. The van der Waals surface area contributed by atoms with Gasteiger partial charge in [0.1, 0.15) is 0 Å². The Kier molecular flexibility index (Phi) is 3.69. The first kappa shape index (κ1) is 12.7. The zero-order chi connectivity index (χ0) is 12.3. The summed E-state index contributed by atoms with van der Waals surface area (Å²) in [5, 5.41) is 5.14. The number of aromatic carboxylic acids is 1. The number of benzene rings is 1. The van der Waals surface area contributed by atoms with E-state index in [4.69, 9.17) is 9.84 Å². The summed E-state index contributed by atoms with van der Waals surface area (Å²) in [6.07, 6.45) is 0. The summed E-state index contributed by atoms with van der Waals surface area (Å²) in [5.41, 5.74) is -0.0814. The molecule has 0 aromatic heterocycles. The van der Waals surface area contributed by atoms with Gasteiger partial charge in [0, 0.05) is 15.9 Å². The van der Waals surface area contributed by atoms with Gasteiger partial charge in [0.25, 0.3) is 0 Å². The van der Waals surface area contributed by atoms with Crippen LogP contribution in [0.5, 0.6) is 11.5 Å². The minimum absolute atomic E-state index is 0.0814. The Hall–Kier alpha value is -1.37. The van der Waals surface area contributed by atoms with Gasteiger partial charge < -0.3 is 14.6 Å². The number of carbonyl (C=O) groups is 1. The zero-order valence-corrected chi connectivity index (χ0v) is 9.62. The molecule has 1 aromatic rings. The zero-order valence-electron chi connectivity index (χ0n) is 8.04. The fourth-order valence-electron chi connectivity index (χ4n) is 1.01. The summed E-state index contributed by atoms with van der Waals surface area (Å²) in [5.74, 6) is -1.52. The van der Waals surface area contributed by atoms with Gasteiger partial charge in [-0.3, -0.25) is 0 Å². The number of ether oxygens (including phenoxy) is 2. The molecular formula is C9H7BrF2O4. The number of methoxy groups -OCH3 is 1. The van der Waals surface area contributed by atoms with Gasteiger partial charge in [0.2, 0.25) is 0 Å². The third-order valence-corrected chi connectivity index (χ3v) is 1.80. The highest BCUT2D eigenvalue weighted by molar-refractivity contribution is 9.09. The smallest absolute Gasteiger partial charge is 0.459 e. The van der Waals surface area contributed by atoms with E-state index in [0.29, 0.717) is 0 Å². The van der Waals surface area contributed by atoms with Gasteiger partial charge >= 0.3 is 11.0 Å². The van der Waals surface area contributed by atoms with E-state index in [9.17, 15) is 13.6 Å². The van der Waals surface area contributed by atoms with Crippen LogP contribution in [0.4, 0.5) is 8.78 Å². The quantitative estimate of drug-likeness (QED) is 0.868. The molecule has 0 bridgehead atoms. The minimum atomic E-state index is -3.54. The summed E-state index contributed by atoms with van der Waals surface area (Å²) in [6, 6.07) is 3.33. The molecule has 0 saturated heterocycles. The van der Waals surface area contributed by atoms with Crippen LogP contribution in [0, 0.1) is 0 Å². The maximum absolute atomic E-state index is 12.5. The van der Waals surface area contributed by atoms with Crippen molar-refractivity contribution < 1.29 is 28.2 Å². The predicted molar refractivity (Wildman–Crippen MR) is 54.5 cm³/mol. The van der Waals surface area contributed by atoms with Gasteiger partial charge in [-0.1, -0.05) is 0 Å². The Bertz CT molecular complexity index is 403. The largest absolute Gasteiger partial charge is 0.493 e. The fourth-order valence-corrected chi connectivity index (χ4v) is 1.18. The molecule has 1 N–H and O–H groups in total. The Morgan fingerprint density at radius 1 is 1.44 bits per heavy atom. The summed E-state index contributed by atoms with van der Waals surface area (Å²) < 4.78 is 34.0. The van der Waals surface area contributed by atoms with Gasteiger partial charge in [-0.2, -0.15) is 8.78 Å². The van der Waals surface area contributed by atoms with Crippen LogP contribution in [-0.4, -0.2) is 23.2 Å². The van der Waals surface area contributed by atoms with Crippen LogP contribution >= 0.6 is 15.9 Å². The monoisotopic (exact) mass is 296 g/mol. The third-order valence-electron chi connectivity index (χ3n) is 1.64. The van der Waals surface area contributed by atoms with Crippen LogP contribution in [-0.2, 0) is 0 Å². The molecule has 0 aliphatic rings. The Morgan fingerprint density at radius 3 is 2.50 bits per heavy atom. The SMILES string of the molecule is COc1cc(C(=O)O)ccc1OC(F)(F)Br. The molecule has 0 radical (unpaired) electrons. The van der Waals surface area contributed by atoms with E-state index in [0.717, 1.165) is 18.2 Å². The molecule has 0 amide bonds. The molecule has 0 aliphatic heterocycles. The number of carboxylic acid groups (broad SMARTS) is 1. The van der Waals surface area contributed by atoms with Gasteiger partial charge in [0.05, 0.1) is 12.7 Å². The normalized spacial score (nSPS) is 11.0. The second-order valence-electron chi connectivity index (χ2n) is 2.72. The van der Waals surface area contributed by atoms with Crippen LogP contribution < -0.4 is 9.47 Å². The molecule has 7 heteroatoms. The Balaban J connectivity index is 3.07. The highest BCUT2D eigenvalue weighted by Crippen LogP contribution is 2.34. The summed E-state index contributed by atoms with van der Waals surface area (Å²) in [6.45, 7) is 0. The molecular weight excluding hydrogens is 290 g/mol. The molecule has 16 heavy (non-hydrogen) atoms. The number of hydrogen-bond donors (Lipinski definition) is 1. The van der Waals surface area contributed by atoms with Crippen LogP contribution in [0.25, 0.3) is 0 Å². The van der Waals surface area contributed by atoms with Crippen LogP contribution in [0.3, 0.4) is 0 Å². The molecule has 88 valence electrons. The first-order chi connectivity index (χ1) is 7.33. The van der Waals surface area contributed by atoms with Crippen LogP contribution in [0.2, 0.25) is 0 Å². The van der Waals surface area contributed by atoms with Gasteiger partial charge in [-0.25, -0.2) is 4.79 Å². The average Bonchev–Trinajstić information content (AvgIpc) is 2.15. The van der Waals surface area contributed by atoms with Crippen molar-refractivity contribution in [1.29, 1.82) is 0 Å². The predicted octanol–water partition coefficient (Wildman–Crippen LogP) is 2.72. The number of carboxylic acids is 1. The fraction of sp³-hybridized carbons (Fsp3) is 0.222. The van der Waals surface area contributed by atoms with Crippen molar-refractivity contribution in [1.82, 2.24) is 0 Å². The van der Waals surface area contributed by atoms with Crippen molar-refractivity contribution in [3.8, 4) is 11.5 Å². The summed E-state index contributed by atoms with van der Waals surface area (Å²) >= 11 is 2.00. The summed E-state index contributed by atoms with van der Waals surface area (Å²) in [7, 11) is 1.22. The lowest BCUT2D eigenvalue weighted by molar-refractivity contribution is -0.0814. The lowest BCUT2D eigenvalue weighted by atomic mass is 10.2. The van der Waals surface area contributed by atoms with Gasteiger partial charge in [0.15, 0.2) is 11.5 Å². The molecule has 0 aliphatic carbocycles. The van der Waals surface area contributed by atoms with Crippen molar-refractivity contribution >= 4 is 21.9 Å². The van der Waals surface area contributed by atoms with Crippen molar-refractivity contribution in [2.24, 2.45) is 0 Å². The first-order valence-electron chi connectivity index (χ1n) is 4.00. The highest BCUT2D eigenvalue weighted by Gasteiger charge is 2.28. The maximum Gasteiger partial charge on any atom is 0.459 e. The lowest BCUT2D eigenvalue weighted by Crippen LogP contribution is -2.15. The van der Waals surface area contributed by atoms with Crippen molar-refractivity contribution in [2.75, 3.05) is 7.11 Å². The minimum Gasteiger partial charge on any atom is -0.493 e. The van der Waals surface area contributed by atoms with Crippen LogP contribution in [0.15, 0.2) is 18.2 Å². The molecule has 0 fully saturated rings. The number of halogens is 3. The van der Waals surface area contributed by atoms with E-state index in [2.05, 4.69) is 4.74 Å². The molecule has 0 spiro atoms. The molecule has 4 nitrogen and oxygen atoms in total.